The quantitative estimate of drug-likeness (QED) is 0.574. The first-order valence-corrected chi connectivity index (χ1v) is 10.0. The van der Waals surface area contributed by atoms with Gasteiger partial charge in [-0.15, -0.1) is 0 Å². The van der Waals surface area contributed by atoms with Gasteiger partial charge >= 0.3 is 4.87 Å². The lowest BCUT2D eigenvalue weighted by molar-refractivity contribution is -0.114. The zero-order valence-corrected chi connectivity index (χ0v) is 17.8. The number of ether oxygens (including phenoxy) is 3. The monoisotopic (exact) mass is 437 g/mol. The van der Waals surface area contributed by atoms with Crippen LogP contribution in [0.25, 0.3) is 12.2 Å². The topological polar surface area (TPSA) is 102 Å². The number of anilines is 2. The minimum absolute atomic E-state index is 0.255. The highest BCUT2D eigenvalue weighted by atomic mass is 32.1. The van der Waals surface area contributed by atoms with E-state index in [1.807, 2.05) is 6.07 Å². The van der Waals surface area contributed by atoms with Crippen molar-refractivity contribution < 1.29 is 19.0 Å². The van der Waals surface area contributed by atoms with Gasteiger partial charge in [0.2, 0.25) is 0 Å². The molecule has 0 atom stereocenters. The maximum Gasteiger partial charge on any atom is 0.306 e. The van der Waals surface area contributed by atoms with Gasteiger partial charge in [0.1, 0.15) is 23.1 Å². The summed E-state index contributed by atoms with van der Waals surface area (Å²) in [7, 11) is 4.67. The van der Waals surface area contributed by atoms with Crippen molar-refractivity contribution >= 4 is 40.9 Å². The molecule has 1 aliphatic heterocycles. The van der Waals surface area contributed by atoms with Gasteiger partial charge in [-0.2, -0.15) is 0 Å². The van der Waals surface area contributed by atoms with Crippen molar-refractivity contribution in [2.45, 2.75) is 0 Å². The Bertz CT molecular complexity index is 1350. The summed E-state index contributed by atoms with van der Waals surface area (Å²) in [5.41, 5.74) is 1.03. The number of nitrogens with zero attached hydrogens (tertiary/aromatic N) is 1. The Kier molecular flexibility index (Phi) is 5.59. The fraction of sp³-hybridized carbons (Fsp3) is 0.136. The van der Waals surface area contributed by atoms with Crippen LogP contribution in [0.4, 0.5) is 11.5 Å². The number of thiazole rings is 1. The van der Waals surface area contributed by atoms with E-state index in [4.69, 9.17) is 14.2 Å². The van der Waals surface area contributed by atoms with Gasteiger partial charge in [-0.3, -0.25) is 14.6 Å². The lowest BCUT2D eigenvalue weighted by atomic mass is 10.1. The van der Waals surface area contributed by atoms with Crippen molar-refractivity contribution in [3.8, 4) is 17.2 Å². The zero-order valence-electron chi connectivity index (χ0n) is 17.0. The van der Waals surface area contributed by atoms with Crippen LogP contribution in [-0.4, -0.2) is 32.2 Å². The Morgan fingerprint density at radius 1 is 0.968 bits per heavy atom. The molecule has 8 nitrogen and oxygen atoms in total. The van der Waals surface area contributed by atoms with Gasteiger partial charge in [0, 0.05) is 40.7 Å². The highest BCUT2D eigenvalue weighted by Gasteiger charge is 2.15. The molecule has 4 rings (SSSR count). The molecule has 1 amide bonds. The predicted molar refractivity (Wildman–Crippen MR) is 119 cm³/mol. The highest BCUT2D eigenvalue weighted by molar-refractivity contribution is 7.10. The second-order valence-corrected chi connectivity index (χ2v) is 7.58. The van der Waals surface area contributed by atoms with Crippen LogP contribution in [-0.2, 0) is 4.79 Å². The zero-order chi connectivity index (χ0) is 22.0. The Morgan fingerprint density at radius 2 is 1.68 bits per heavy atom. The maximum absolute atomic E-state index is 12.6. The Labute approximate surface area is 181 Å². The van der Waals surface area contributed by atoms with Gasteiger partial charge in [-0.1, -0.05) is 11.3 Å². The fourth-order valence-corrected chi connectivity index (χ4v) is 3.82. The molecule has 158 valence electrons. The van der Waals surface area contributed by atoms with Crippen molar-refractivity contribution in [2.24, 2.45) is 4.99 Å². The van der Waals surface area contributed by atoms with Crippen LogP contribution in [0.3, 0.4) is 0 Å². The third-order valence-corrected chi connectivity index (χ3v) is 5.43. The molecule has 3 aromatic rings. The van der Waals surface area contributed by atoms with Crippen molar-refractivity contribution in [1.29, 1.82) is 0 Å². The van der Waals surface area contributed by atoms with Gasteiger partial charge in [-0.25, -0.2) is 4.99 Å². The average Bonchev–Trinajstić information content (AvgIpc) is 3.11. The molecular weight excluding hydrogens is 418 g/mol. The third kappa shape index (κ3) is 4.36. The van der Waals surface area contributed by atoms with E-state index in [1.54, 1.807) is 63.8 Å². The molecule has 1 aliphatic rings. The standard InChI is InChI=1S/C22H19N3O5S/c1-28-15-5-4-12-6-13(21(26)24-18(12)11-15)7-19-20(25-22(27)31-19)23-14-8-16(29-2)10-17(9-14)30-3/h4-11,23H,1-3H3,(H,25,27). The van der Waals surface area contributed by atoms with Crippen LogP contribution in [0.5, 0.6) is 17.2 Å². The van der Waals surface area contributed by atoms with E-state index in [9.17, 15) is 9.59 Å². The third-order valence-electron chi connectivity index (χ3n) is 4.60. The van der Waals surface area contributed by atoms with Crippen LogP contribution >= 0.6 is 11.3 Å². The van der Waals surface area contributed by atoms with E-state index >= 15 is 0 Å². The van der Waals surface area contributed by atoms with Gasteiger partial charge < -0.3 is 19.5 Å². The summed E-state index contributed by atoms with van der Waals surface area (Å²) in [5.74, 6) is 1.89. The number of benzene rings is 2. The van der Waals surface area contributed by atoms with Crippen molar-refractivity contribution in [3.05, 3.63) is 67.1 Å². The fourth-order valence-electron chi connectivity index (χ4n) is 3.08. The molecule has 0 saturated heterocycles. The molecule has 0 spiro atoms. The number of rotatable bonds is 6. The number of hydrogen-bond acceptors (Lipinski definition) is 7. The van der Waals surface area contributed by atoms with Gasteiger partial charge in [0.15, 0.2) is 0 Å². The molecule has 2 heterocycles. The van der Waals surface area contributed by atoms with Crippen molar-refractivity contribution in [3.63, 3.8) is 0 Å². The summed E-state index contributed by atoms with van der Waals surface area (Å²) < 4.78 is 15.8. The smallest absolute Gasteiger partial charge is 0.306 e. The van der Waals surface area contributed by atoms with Crippen molar-refractivity contribution in [1.82, 2.24) is 4.98 Å². The number of methoxy groups -OCH3 is 3. The number of carbonyl (C=O) groups is 1. The molecule has 0 radical (unpaired) electrons. The van der Waals surface area contributed by atoms with Gasteiger partial charge in [0.25, 0.3) is 5.91 Å². The van der Waals surface area contributed by atoms with E-state index in [-0.39, 0.29) is 4.87 Å². The first-order chi connectivity index (χ1) is 15.0. The molecule has 9 heteroatoms. The average molecular weight is 437 g/mol. The molecule has 0 unspecified atom stereocenters. The van der Waals surface area contributed by atoms with E-state index in [1.165, 1.54) is 0 Å². The molecule has 0 saturated carbocycles. The molecular formula is C22H19N3O5S. The number of H-pyrrole nitrogens is 1. The summed E-state index contributed by atoms with van der Waals surface area (Å²) >= 11 is 0.990. The molecule has 2 aromatic carbocycles. The number of aromatic nitrogens is 1. The number of fused-ring (bicyclic) bond motifs is 1. The Hall–Kier alpha value is -3.85. The summed E-state index contributed by atoms with van der Waals surface area (Å²) in [4.78, 5) is 31.8. The van der Waals surface area contributed by atoms with Crippen LogP contribution in [0.2, 0.25) is 0 Å². The molecule has 0 bridgehead atoms. The summed E-state index contributed by atoms with van der Waals surface area (Å²) in [6.07, 6.45) is 3.38. The summed E-state index contributed by atoms with van der Waals surface area (Å²) in [5, 5.41) is 4.50. The predicted octanol–water partition coefficient (Wildman–Crippen LogP) is 2.23. The normalized spacial score (nSPS) is 13.8. The minimum atomic E-state index is -0.393. The number of hydrogen-bond donors (Lipinski definition) is 2. The van der Waals surface area contributed by atoms with Gasteiger partial charge in [0.05, 0.1) is 31.6 Å². The number of carbonyl (C=O) groups excluding carboxylic acids is 1. The van der Waals surface area contributed by atoms with Gasteiger partial charge in [-0.05, 0) is 24.3 Å². The van der Waals surface area contributed by atoms with E-state index in [0.29, 0.717) is 44.6 Å². The molecule has 0 fully saturated rings. The van der Waals surface area contributed by atoms with E-state index < -0.39 is 5.91 Å². The minimum Gasteiger partial charge on any atom is -0.497 e. The lowest BCUT2D eigenvalue weighted by Gasteiger charge is -2.10. The van der Waals surface area contributed by atoms with Crippen LogP contribution < -0.4 is 35.0 Å². The first-order valence-electron chi connectivity index (χ1n) is 9.23. The Balaban J connectivity index is 1.72. The maximum atomic E-state index is 12.6. The number of amides is 1. The highest BCUT2D eigenvalue weighted by Crippen LogP contribution is 2.30. The largest absolute Gasteiger partial charge is 0.497 e. The molecule has 2 N–H and O–H groups in total. The van der Waals surface area contributed by atoms with Crippen LogP contribution in [0.1, 0.15) is 4.88 Å². The van der Waals surface area contributed by atoms with Crippen molar-refractivity contribution in [2.75, 3.05) is 26.6 Å². The SMILES string of the molecule is COc1cc(Nc2[nH]c(=O)sc2C=C2C=c3ccc(OC)cc3=NC2=O)cc(OC)c1. The second-order valence-electron chi connectivity index (χ2n) is 6.57. The van der Waals surface area contributed by atoms with E-state index in [0.717, 1.165) is 16.6 Å². The van der Waals surface area contributed by atoms with Crippen LogP contribution in [0.15, 0.2) is 51.8 Å². The molecule has 31 heavy (non-hydrogen) atoms. The summed E-state index contributed by atoms with van der Waals surface area (Å²) in [6.45, 7) is 0. The molecule has 1 aromatic heterocycles. The summed E-state index contributed by atoms with van der Waals surface area (Å²) in [6, 6.07) is 10.6. The van der Waals surface area contributed by atoms with E-state index in [2.05, 4.69) is 15.3 Å². The first kappa shape index (κ1) is 20.4. The lowest BCUT2D eigenvalue weighted by Crippen LogP contribution is -2.30. The second kappa shape index (κ2) is 8.49. The van der Waals surface area contributed by atoms with Crippen LogP contribution in [0, 0.1) is 0 Å². The number of nitrogens with one attached hydrogen (secondary N) is 2. The number of aromatic amines is 1. The molecule has 0 aliphatic carbocycles. The Morgan fingerprint density at radius 3 is 2.35 bits per heavy atom.